The molecule has 2 unspecified atom stereocenters. The van der Waals surface area contributed by atoms with Crippen molar-refractivity contribution in [3.8, 4) is 0 Å². The van der Waals surface area contributed by atoms with Crippen molar-refractivity contribution in [1.82, 2.24) is 10.3 Å². The summed E-state index contributed by atoms with van der Waals surface area (Å²) in [6.45, 7) is 3.85. The molecular weight excluding hydrogens is 218 g/mol. The zero-order valence-electron chi connectivity index (χ0n) is 9.97. The molecule has 0 radical (unpaired) electrons. The van der Waals surface area contributed by atoms with Gasteiger partial charge in [0.25, 0.3) is 5.91 Å². The lowest BCUT2D eigenvalue weighted by Crippen LogP contribution is -2.61. The number of nitrogens with two attached hydrogens (primary N) is 1. The van der Waals surface area contributed by atoms with Crippen LogP contribution in [0.1, 0.15) is 30.8 Å². The van der Waals surface area contributed by atoms with Gasteiger partial charge in [-0.15, -0.1) is 0 Å². The highest BCUT2D eigenvalue weighted by Crippen LogP contribution is 2.40. The highest BCUT2D eigenvalue weighted by molar-refractivity contribution is 5.97. The van der Waals surface area contributed by atoms with Gasteiger partial charge in [0.15, 0.2) is 5.69 Å². The van der Waals surface area contributed by atoms with Gasteiger partial charge >= 0.3 is 0 Å². The van der Waals surface area contributed by atoms with Crippen LogP contribution < -0.4 is 11.1 Å². The van der Waals surface area contributed by atoms with Crippen molar-refractivity contribution >= 4 is 11.6 Å². The zero-order valence-corrected chi connectivity index (χ0v) is 9.97. The number of aliphatic hydroxyl groups is 1. The smallest absolute Gasteiger partial charge is 0.272 e. The van der Waals surface area contributed by atoms with Gasteiger partial charge in [0.05, 0.1) is 11.8 Å². The van der Waals surface area contributed by atoms with Crippen LogP contribution in [-0.4, -0.2) is 28.1 Å². The number of aliphatic hydroxyl groups excluding tert-OH is 1. The molecule has 0 bridgehead atoms. The molecule has 1 amide bonds. The molecule has 0 saturated heterocycles. The van der Waals surface area contributed by atoms with Gasteiger partial charge in [0.1, 0.15) is 0 Å². The van der Waals surface area contributed by atoms with E-state index in [0.717, 1.165) is 0 Å². The van der Waals surface area contributed by atoms with Crippen LogP contribution >= 0.6 is 0 Å². The lowest BCUT2D eigenvalue weighted by Gasteiger charge is -2.49. The van der Waals surface area contributed by atoms with Crippen molar-refractivity contribution in [3.05, 3.63) is 24.0 Å². The van der Waals surface area contributed by atoms with Gasteiger partial charge in [0, 0.05) is 17.7 Å². The lowest BCUT2D eigenvalue weighted by atomic mass is 9.64. The van der Waals surface area contributed by atoms with E-state index in [1.54, 1.807) is 12.1 Å². The predicted molar refractivity (Wildman–Crippen MR) is 64.3 cm³/mol. The van der Waals surface area contributed by atoms with Crippen LogP contribution in [0.4, 0.5) is 5.69 Å². The summed E-state index contributed by atoms with van der Waals surface area (Å²) in [5, 5.41) is 12.4. The second-order valence-corrected chi connectivity index (χ2v) is 5.04. The number of pyridine rings is 1. The van der Waals surface area contributed by atoms with Gasteiger partial charge in [0.2, 0.25) is 0 Å². The van der Waals surface area contributed by atoms with Gasteiger partial charge in [-0.25, -0.2) is 4.98 Å². The summed E-state index contributed by atoms with van der Waals surface area (Å²) in [5.74, 6) is -0.284. The number of amides is 1. The number of aromatic nitrogens is 1. The number of hydrogen-bond donors (Lipinski definition) is 3. The second kappa shape index (κ2) is 4.00. The van der Waals surface area contributed by atoms with Gasteiger partial charge in [-0.05, 0) is 18.6 Å². The fourth-order valence-corrected chi connectivity index (χ4v) is 1.98. The molecule has 1 heterocycles. The Hall–Kier alpha value is -1.62. The normalized spacial score (nSPS) is 26.1. The maximum Gasteiger partial charge on any atom is 0.272 e. The van der Waals surface area contributed by atoms with E-state index in [0.29, 0.717) is 12.1 Å². The molecule has 2 atom stereocenters. The van der Waals surface area contributed by atoms with Crippen LogP contribution in [0, 0.1) is 5.41 Å². The van der Waals surface area contributed by atoms with Crippen molar-refractivity contribution < 1.29 is 9.90 Å². The maximum absolute atomic E-state index is 11.9. The van der Waals surface area contributed by atoms with E-state index in [2.05, 4.69) is 10.3 Å². The van der Waals surface area contributed by atoms with E-state index in [-0.39, 0.29) is 29.2 Å². The molecule has 1 aliphatic rings. The summed E-state index contributed by atoms with van der Waals surface area (Å²) < 4.78 is 0. The molecule has 1 aliphatic carbocycles. The Kier molecular flexibility index (Phi) is 2.79. The number of carbonyl (C=O) groups is 1. The average Bonchev–Trinajstić information content (AvgIpc) is 2.29. The Bertz CT molecular complexity index is 445. The van der Waals surface area contributed by atoms with Crippen LogP contribution in [0.15, 0.2) is 18.3 Å². The number of rotatable bonds is 2. The van der Waals surface area contributed by atoms with Crippen LogP contribution in [0.3, 0.4) is 0 Å². The van der Waals surface area contributed by atoms with Crippen LogP contribution in [0.2, 0.25) is 0 Å². The number of hydrogen-bond acceptors (Lipinski definition) is 4. The van der Waals surface area contributed by atoms with E-state index < -0.39 is 0 Å². The minimum atomic E-state index is -0.367. The van der Waals surface area contributed by atoms with E-state index >= 15 is 0 Å². The first-order chi connectivity index (χ1) is 7.93. The summed E-state index contributed by atoms with van der Waals surface area (Å²) in [6.07, 6.45) is 1.74. The summed E-state index contributed by atoms with van der Waals surface area (Å²) in [5.41, 5.74) is 5.99. The summed E-state index contributed by atoms with van der Waals surface area (Å²) in [6, 6.07) is 3.29. The fraction of sp³-hybridized carbons (Fsp3) is 0.500. The van der Waals surface area contributed by atoms with E-state index in [4.69, 9.17) is 5.73 Å². The highest BCUT2D eigenvalue weighted by Gasteiger charge is 2.48. The molecule has 5 nitrogen and oxygen atoms in total. The third-order valence-corrected chi connectivity index (χ3v) is 3.58. The molecule has 92 valence electrons. The van der Waals surface area contributed by atoms with Crippen molar-refractivity contribution in [2.24, 2.45) is 5.41 Å². The van der Waals surface area contributed by atoms with Crippen molar-refractivity contribution in [3.63, 3.8) is 0 Å². The fourth-order valence-electron chi connectivity index (χ4n) is 1.98. The van der Waals surface area contributed by atoms with Gasteiger partial charge in [-0.3, -0.25) is 4.79 Å². The first-order valence-electron chi connectivity index (χ1n) is 5.62. The van der Waals surface area contributed by atoms with Crippen LogP contribution in [0.25, 0.3) is 0 Å². The molecule has 1 aromatic rings. The van der Waals surface area contributed by atoms with Crippen LogP contribution in [0.5, 0.6) is 0 Å². The second-order valence-electron chi connectivity index (χ2n) is 5.04. The maximum atomic E-state index is 11.9. The SMILES string of the molecule is CC1(C)C(O)CC1NC(=O)c1ncccc1N. The largest absolute Gasteiger partial charge is 0.397 e. The monoisotopic (exact) mass is 235 g/mol. The number of nitrogen functional groups attached to an aromatic ring is 1. The Morgan fingerprint density at radius 3 is 2.88 bits per heavy atom. The minimum absolute atomic E-state index is 0.0357. The molecule has 2 rings (SSSR count). The molecule has 0 aromatic carbocycles. The quantitative estimate of drug-likeness (QED) is 0.698. The van der Waals surface area contributed by atoms with Gasteiger partial charge < -0.3 is 16.2 Å². The Morgan fingerprint density at radius 1 is 1.65 bits per heavy atom. The number of nitrogens with zero attached hydrogens (tertiary/aromatic N) is 1. The van der Waals surface area contributed by atoms with Gasteiger partial charge in [-0.2, -0.15) is 0 Å². The predicted octanol–water partition coefficient (Wildman–Crippen LogP) is 0.553. The first-order valence-corrected chi connectivity index (χ1v) is 5.62. The van der Waals surface area contributed by atoms with Crippen molar-refractivity contribution in [1.29, 1.82) is 0 Å². The molecule has 4 N–H and O–H groups in total. The zero-order chi connectivity index (χ0) is 12.6. The molecule has 17 heavy (non-hydrogen) atoms. The van der Waals surface area contributed by atoms with Crippen molar-refractivity contribution in [2.45, 2.75) is 32.4 Å². The standard InChI is InChI=1S/C12H17N3O2/c1-12(2)8(6-9(12)16)15-11(17)10-7(13)4-3-5-14-10/h3-5,8-9,16H,6,13H2,1-2H3,(H,15,17). The highest BCUT2D eigenvalue weighted by atomic mass is 16.3. The van der Waals surface area contributed by atoms with E-state index in [1.807, 2.05) is 13.8 Å². The topological polar surface area (TPSA) is 88.2 Å². The first kappa shape index (κ1) is 11.9. The summed E-state index contributed by atoms with van der Waals surface area (Å²) in [4.78, 5) is 15.9. The number of carbonyl (C=O) groups excluding carboxylic acids is 1. The summed E-state index contributed by atoms with van der Waals surface area (Å²) >= 11 is 0. The molecule has 1 aromatic heterocycles. The molecule has 1 fully saturated rings. The van der Waals surface area contributed by atoms with Gasteiger partial charge in [-0.1, -0.05) is 13.8 Å². The molecule has 0 aliphatic heterocycles. The minimum Gasteiger partial charge on any atom is -0.397 e. The Balaban J connectivity index is 2.07. The molecule has 5 heteroatoms. The van der Waals surface area contributed by atoms with E-state index in [9.17, 15) is 9.90 Å². The average molecular weight is 235 g/mol. The third kappa shape index (κ3) is 1.98. The van der Waals surface area contributed by atoms with Crippen LogP contribution in [-0.2, 0) is 0 Å². The molecular formula is C12H17N3O2. The molecule has 0 spiro atoms. The number of anilines is 1. The van der Waals surface area contributed by atoms with Crippen molar-refractivity contribution in [2.75, 3.05) is 5.73 Å². The number of nitrogens with one attached hydrogen (secondary N) is 1. The van der Waals surface area contributed by atoms with E-state index in [1.165, 1.54) is 6.20 Å². The lowest BCUT2D eigenvalue weighted by molar-refractivity contribution is -0.0689. The summed E-state index contributed by atoms with van der Waals surface area (Å²) in [7, 11) is 0. The molecule has 1 saturated carbocycles. The third-order valence-electron chi connectivity index (χ3n) is 3.58. The Labute approximate surface area is 100 Å². The Morgan fingerprint density at radius 2 is 2.35 bits per heavy atom.